The van der Waals surface area contributed by atoms with Gasteiger partial charge in [-0.05, 0) is 0 Å². The molecule has 1 nitrogen and oxygen atoms in total. The van der Waals surface area contributed by atoms with Gasteiger partial charge in [0.25, 0.3) is 0 Å². The molecule has 0 heterocycles. The molecule has 1 aromatic rings. The molecule has 0 aliphatic rings. The first-order chi connectivity index (χ1) is 4.43. The Morgan fingerprint density at radius 2 is 1.89 bits per heavy atom. The van der Waals surface area contributed by atoms with Crippen LogP contribution in [0.5, 0.6) is 5.75 Å². The van der Waals surface area contributed by atoms with Crippen LogP contribution in [0.15, 0.2) is 30.3 Å². The van der Waals surface area contributed by atoms with Gasteiger partial charge in [0.15, 0.2) is 0 Å². The Morgan fingerprint density at radius 1 is 1.22 bits per heavy atom. The molecule has 0 aliphatic carbocycles. The van der Waals surface area contributed by atoms with Crippen LogP contribution in [0.1, 0.15) is 0 Å². The quantitative estimate of drug-likeness (QED) is 0.692. The SMILES string of the molecule is [Sb][CH2]Oc1ccccc1. The number of hydrogen-bond acceptors (Lipinski definition) is 1. The van der Waals surface area contributed by atoms with Gasteiger partial charge in [-0.15, -0.1) is 0 Å². The molecule has 0 N–H and O–H groups in total. The van der Waals surface area contributed by atoms with Crippen LogP contribution in [0.25, 0.3) is 0 Å². The molecule has 2 heteroatoms. The molecule has 0 aliphatic heterocycles. The number of rotatable bonds is 2. The molecular formula is C7H7OSb. The number of hydrogen-bond donors (Lipinski definition) is 0. The van der Waals surface area contributed by atoms with E-state index in [1.165, 1.54) is 0 Å². The summed E-state index contributed by atoms with van der Waals surface area (Å²) in [4.78, 5) is 0. The van der Waals surface area contributed by atoms with E-state index in [0.717, 1.165) is 10.3 Å². The Balaban J connectivity index is 2.61. The third kappa shape index (κ3) is 2.27. The van der Waals surface area contributed by atoms with Crippen molar-refractivity contribution in [2.24, 2.45) is 0 Å². The molecule has 9 heavy (non-hydrogen) atoms. The maximum absolute atomic E-state index is 5.23. The van der Waals surface area contributed by atoms with Gasteiger partial charge in [-0.3, -0.25) is 0 Å². The normalized spacial score (nSPS) is 9.00. The van der Waals surface area contributed by atoms with E-state index in [1.807, 2.05) is 30.3 Å². The summed E-state index contributed by atoms with van der Waals surface area (Å²) >= 11 is 1.66. The van der Waals surface area contributed by atoms with Crippen molar-refractivity contribution in [3.63, 3.8) is 0 Å². The average molecular weight is 229 g/mol. The van der Waals surface area contributed by atoms with Gasteiger partial charge in [-0.2, -0.15) is 0 Å². The summed E-state index contributed by atoms with van der Waals surface area (Å²) < 4.78 is 6.02. The standard InChI is InChI=1S/C7H7O.Sb/c1-8-7-5-3-2-4-6-7;/h2-6H,1H2;. The summed E-state index contributed by atoms with van der Waals surface area (Å²) in [5, 5.41) is 0. The van der Waals surface area contributed by atoms with Crippen LogP contribution < -0.4 is 4.74 Å². The van der Waals surface area contributed by atoms with Crippen molar-refractivity contribution in [2.75, 3.05) is 4.55 Å². The molecule has 0 fully saturated rings. The predicted octanol–water partition coefficient (Wildman–Crippen LogP) is 1.19. The van der Waals surface area contributed by atoms with Crippen LogP contribution in [0.4, 0.5) is 0 Å². The van der Waals surface area contributed by atoms with Crippen molar-refractivity contribution >= 4 is 23.0 Å². The first-order valence-corrected chi connectivity index (χ1v) is 4.52. The molecule has 0 bridgehead atoms. The fourth-order valence-electron chi connectivity index (χ4n) is 0.591. The van der Waals surface area contributed by atoms with E-state index in [0.29, 0.717) is 0 Å². The van der Waals surface area contributed by atoms with Gasteiger partial charge < -0.3 is 0 Å². The van der Waals surface area contributed by atoms with Crippen molar-refractivity contribution in [2.45, 2.75) is 0 Å². The van der Waals surface area contributed by atoms with Gasteiger partial charge in [0, 0.05) is 0 Å². The number of ether oxygens (including phenoxy) is 1. The van der Waals surface area contributed by atoms with Crippen molar-refractivity contribution in [3.05, 3.63) is 30.3 Å². The fraction of sp³-hybridized carbons (Fsp3) is 0.143. The second-order valence-electron chi connectivity index (χ2n) is 1.59. The Labute approximate surface area is 68.5 Å². The summed E-state index contributed by atoms with van der Waals surface area (Å²) in [7, 11) is 0. The molecule has 1 aromatic carbocycles. The van der Waals surface area contributed by atoms with E-state index >= 15 is 0 Å². The van der Waals surface area contributed by atoms with E-state index in [2.05, 4.69) is 0 Å². The zero-order valence-electron chi connectivity index (χ0n) is 4.95. The molecular weight excluding hydrogens is 222 g/mol. The van der Waals surface area contributed by atoms with E-state index in [-0.39, 0.29) is 0 Å². The second kappa shape index (κ2) is 3.79. The molecule has 0 aromatic heterocycles. The van der Waals surface area contributed by atoms with E-state index in [4.69, 9.17) is 4.74 Å². The van der Waals surface area contributed by atoms with Gasteiger partial charge >= 0.3 is 68.4 Å². The predicted molar refractivity (Wildman–Crippen MR) is 37.7 cm³/mol. The topological polar surface area (TPSA) is 9.23 Å². The Morgan fingerprint density at radius 3 is 2.44 bits per heavy atom. The fourth-order valence-corrected chi connectivity index (χ4v) is 1.02. The Bertz CT molecular complexity index is 162. The number of benzene rings is 1. The number of para-hydroxylation sites is 1. The zero-order valence-corrected chi connectivity index (χ0v) is 7.50. The molecule has 0 saturated carbocycles. The van der Waals surface area contributed by atoms with E-state index in [9.17, 15) is 0 Å². The summed E-state index contributed by atoms with van der Waals surface area (Å²) in [5.74, 6) is 0.957. The van der Waals surface area contributed by atoms with Gasteiger partial charge in [0.2, 0.25) is 0 Å². The van der Waals surface area contributed by atoms with Gasteiger partial charge in [0.05, 0.1) is 0 Å². The van der Waals surface area contributed by atoms with Gasteiger partial charge in [-0.1, -0.05) is 0 Å². The molecule has 0 unspecified atom stereocenters. The summed E-state index contributed by atoms with van der Waals surface area (Å²) in [6, 6.07) is 9.83. The molecule has 0 atom stereocenters. The monoisotopic (exact) mass is 228 g/mol. The Kier molecular flexibility index (Phi) is 2.92. The molecule has 46 valence electrons. The van der Waals surface area contributed by atoms with E-state index in [1.54, 1.807) is 23.0 Å². The minimum absolute atomic E-state index is 0.790. The van der Waals surface area contributed by atoms with Crippen LogP contribution in [-0.2, 0) is 0 Å². The average Bonchev–Trinajstić information content (AvgIpc) is 1.91. The maximum atomic E-state index is 5.23. The van der Waals surface area contributed by atoms with Crippen molar-refractivity contribution in [1.82, 2.24) is 0 Å². The minimum atomic E-state index is 0.790. The third-order valence-corrected chi connectivity index (χ3v) is 1.34. The van der Waals surface area contributed by atoms with Crippen molar-refractivity contribution < 1.29 is 4.74 Å². The van der Waals surface area contributed by atoms with Gasteiger partial charge in [0.1, 0.15) is 0 Å². The first-order valence-electron chi connectivity index (χ1n) is 2.72. The van der Waals surface area contributed by atoms with Crippen molar-refractivity contribution in [1.29, 1.82) is 0 Å². The van der Waals surface area contributed by atoms with Crippen LogP contribution in [-0.4, -0.2) is 27.6 Å². The molecule has 0 spiro atoms. The zero-order chi connectivity index (χ0) is 6.53. The molecule has 1 rings (SSSR count). The second-order valence-corrected chi connectivity index (χ2v) is 2.32. The summed E-state index contributed by atoms with van der Waals surface area (Å²) in [6.07, 6.45) is 0. The van der Waals surface area contributed by atoms with Crippen LogP contribution in [0.3, 0.4) is 0 Å². The summed E-state index contributed by atoms with van der Waals surface area (Å²) in [6.45, 7) is 0. The first kappa shape index (κ1) is 6.95. The van der Waals surface area contributed by atoms with E-state index < -0.39 is 0 Å². The molecule has 0 amide bonds. The van der Waals surface area contributed by atoms with Crippen molar-refractivity contribution in [3.8, 4) is 5.75 Å². The van der Waals surface area contributed by atoms with Crippen LogP contribution in [0, 0.1) is 0 Å². The summed E-state index contributed by atoms with van der Waals surface area (Å²) in [5.41, 5.74) is 0. The van der Waals surface area contributed by atoms with Crippen LogP contribution >= 0.6 is 0 Å². The Hall–Kier alpha value is -0.162. The van der Waals surface area contributed by atoms with Gasteiger partial charge in [-0.25, -0.2) is 0 Å². The molecule has 2 radical (unpaired) electrons. The van der Waals surface area contributed by atoms with Crippen LogP contribution in [0.2, 0.25) is 0 Å². The third-order valence-electron chi connectivity index (χ3n) is 0.974. The molecule has 0 saturated heterocycles.